The highest BCUT2D eigenvalue weighted by Crippen LogP contribution is 2.26. The molecule has 0 spiro atoms. The summed E-state index contributed by atoms with van der Waals surface area (Å²) in [4.78, 5) is 2.07. The third-order valence-electron chi connectivity index (χ3n) is 3.36. The van der Waals surface area contributed by atoms with Crippen molar-refractivity contribution in [2.24, 2.45) is 5.73 Å². The number of hydrogen-bond donors (Lipinski definition) is 1. The zero-order valence-electron chi connectivity index (χ0n) is 10.4. The lowest BCUT2D eigenvalue weighted by Crippen LogP contribution is -2.47. The summed E-state index contributed by atoms with van der Waals surface area (Å²) in [5.74, 6) is -0.851. The van der Waals surface area contributed by atoms with Crippen LogP contribution in [0.4, 0.5) is 8.78 Å². The third kappa shape index (κ3) is 2.68. The number of hydrogen-bond acceptors (Lipinski definition) is 3. The van der Waals surface area contributed by atoms with Crippen molar-refractivity contribution in [1.29, 1.82) is 0 Å². The Kier molecular flexibility index (Phi) is 4.27. The maximum Gasteiger partial charge on any atom is 0.128 e. The van der Waals surface area contributed by atoms with Gasteiger partial charge in [0.25, 0.3) is 0 Å². The third-order valence-corrected chi connectivity index (χ3v) is 3.36. The number of nitrogens with zero attached hydrogens (tertiary/aromatic N) is 1. The van der Waals surface area contributed by atoms with Gasteiger partial charge < -0.3 is 10.5 Å². The van der Waals surface area contributed by atoms with Crippen LogP contribution in [0.15, 0.2) is 18.2 Å². The van der Waals surface area contributed by atoms with E-state index in [2.05, 4.69) is 4.90 Å². The van der Waals surface area contributed by atoms with Gasteiger partial charge in [-0.25, -0.2) is 8.78 Å². The Labute approximate surface area is 106 Å². The summed E-state index contributed by atoms with van der Waals surface area (Å²) in [7, 11) is 0. The van der Waals surface area contributed by atoms with E-state index < -0.39 is 11.6 Å². The van der Waals surface area contributed by atoms with E-state index in [9.17, 15) is 8.78 Å². The minimum atomic E-state index is -0.439. The second-order valence-electron chi connectivity index (χ2n) is 4.58. The molecule has 1 saturated heterocycles. The van der Waals surface area contributed by atoms with Crippen LogP contribution in [0.2, 0.25) is 0 Å². The van der Waals surface area contributed by atoms with Crippen molar-refractivity contribution >= 4 is 0 Å². The van der Waals surface area contributed by atoms with Gasteiger partial charge in [0.1, 0.15) is 11.6 Å². The van der Waals surface area contributed by atoms with Crippen LogP contribution in [0.25, 0.3) is 0 Å². The summed E-state index contributed by atoms with van der Waals surface area (Å²) in [6.07, 6.45) is 0. The van der Waals surface area contributed by atoms with Gasteiger partial charge in [0.15, 0.2) is 0 Å². The van der Waals surface area contributed by atoms with Gasteiger partial charge in [-0.15, -0.1) is 0 Å². The zero-order chi connectivity index (χ0) is 13.1. The Morgan fingerprint density at radius 1 is 1.50 bits per heavy atom. The summed E-state index contributed by atoms with van der Waals surface area (Å²) in [5, 5.41) is 0. The molecular formula is C13H18F2N2O. The average molecular weight is 256 g/mol. The first-order valence-electron chi connectivity index (χ1n) is 6.12. The molecule has 2 unspecified atom stereocenters. The van der Waals surface area contributed by atoms with Gasteiger partial charge >= 0.3 is 0 Å². The van der Waals surface area contributed by atoms with Crippen molar-refractivity contribution in [3.05, 3.63) is 35.4 Å². The van der Waals surface area contributed by atoms with Crippen molar-refractivity contribution in [3.63, 3.8) is 0 Å². The van der Waals surface area contributed by atoms with E-state index in [-0.39, 0.29) is 18.6 Å². The predicted molar refractivity (Wildman–Crippen MR) is 65.1 cm³/mol. The largest absolute Gasteiger partial charge is 0.379 e. The Balaban J connectivity index is 2.29. The van der Waals surface area contributed by atoms with E-state index in [4.69, 9.17) is 10.5 Å². The van der Waals surface area contributed by atoms with Crippen molar-refractivity contribution in [3.8, 4) is 0 Å². The molecule has 0 aromatic heterocycles. The lowest BCUT2D eigenvalue weighted by atomic mass is 10.0. The molecule has 5 heteroatoms. The molecule has 18 heavy (non-hydrogen) atoms. The first-order chi connectivity index (χ1) is 8.63. The molecule has 0 saturated carbocycles. The highest BCUT2D eigenvalue weighted by atomic mass is 19.1. The van der Waals surface area contributed by atoms with Crippen LogP contribution in [0.1, 0.15) is 18.5 Å². The Hall–Kier alpha value is -1.04. The second-order valence-corrected chi connectivity index (χ2v) is 4.58. The molecule has 2 atom stereocenters. The van der Waals surface area contributed by atoms with E-state index in [1.54, 1.807) is 0 Å². The minimum absolute atomic E-state index is 0.148. The fourth-order valence-corrected chi connectivity index (χ4v) is 2.41. The molecule has 1 aliphatic rings. The van der Waals surface area contributed by atoms with Crippen LogP contribution in [0.5, 0.6) is 0 Å². The fourth-order valence-electron chi connectivity index (χ4n) is 2.41. The van der Waals surface area contributed by atoms with E-state index in [1.165, 1.54) is 6.07 Å². The van der Waals surface area contributed by atoms with Crippen LogP contribution < -0.4 is 5.73 Å². The van der Waals surface area contributed by atoms with E-state index in [0.717, 1.165) is 12.1 Å². The van der Waals surface area contributed by atoms with Gasteiger partial charge in [0.2, 0.25) is 0 Å². The minimum Gasteiger partial charge on any atom is -0.379 e. The maximum absolute atomic E-state index is 13.8. The van der Waals surface area contributed by atoms with Crippen molar-refractivity contribution in [2.45, 2.75) is 19.0 Å². The lowest BCUT2D eigenvalue weighted by Gasteiger charge is -2.39. The molecule has 1 heterocycles. The standard InChI is InChI=1S/C13H18F2N2O/c1-9-8-18-5-4-17(9)13(7-16)11-6-10(14)2-3-12(11)15/h2-3,6,9,13H,4-5,7-8,16H2,1H3. The topological polar surface area (TPSA) is 38.5 Å². The van der Waals surface area contributed by atoms with E-state index in [0.29, 0.717) is 25.3 Å². The van der Waals surface area contributed by atoms with Crippen LogP contribution >= 0.6 is 0 Å². The molecule has 1 aliphatic heterocycles. The molecular weight excluding hydrogens is 238 g/mol. The second kappa shape index (κ2) is 5.73. The summed E-state index contributed by atoms with van der Waals surface area (Å²) in [6.45, 7) is 4.12. The summed E-state index contributed by atoms with van der Waals surface area (Å²) in [6, 6.07) is 3.34. The maximum atomic E-state index is 13.8. The highest BCUT2D eigenvalue weighted by Gasteiger charge is 2.28. The summed E-state index contributed by atoms with van der Waals surface area (Å²) >= 11 is 0. The highest BCUT2D eigenvalue weighted by molar-refractivity contribution is 5.23. The molecule has 0 radical (unpaired) electrons. The van der Waals surface area contributed by atoms with Crippen molar-refractivity contribution in [2.75, 3.05) is 26.3 Å². The average Bonchev–Trinajstić information content (AvgIpc) is 2.36. The zero-order valence-corrected chi connectivity index (χ0v) is 10.4. The monoisotopic (exact) mass is 256 g/mol. The normalized spacial score (nSPS) is 23.0. The number of benzene rings is 1. The first kappa shape index (κ1) is 13.4. The van der Waals surface area contributed by atoms with Gasteiger partial charge in [-0.3, -0.25) is 4.90 Å². The molecule has 2 rings (SSSR count). The van der Waals surface area contributed by atoms with Crippen molar-refractivity contribution < 1.29 is 13.5 Å². The van der Waals surface area contributed by atoms with Gasteiger partial charge in [-0.05, 0) is 25.1 Å². The Bertz CT molecular complexity index is 414. The van der Waals surface area contributed by atoms with Crippen LogP contribution in [0, 0.1) is 11.6 Å². The lowest BCUT2D eigenvalue weighted by molar-refractivity contribution is -0.0216. The summed E-state index contributed by atoms with van der Waals surface area (Å²) in [5.41, 5.74) is 6.07. The van der Waals surface area contributed by atoms with Crippen LogP contribution in [-0.2, 0) is 4.74 Å². The SMILES string of the molecule is CC1COCCN1C(CN)c1cc(F)ccc1F. The molecule has 1 fully saturated rings. The van der Waals surface area contributed by atoms with Crippen molar-refractivity contribution in [1.82, 2.24) is 4.90 Å². The van der Waals surface area contributed by atoms with Gasteiger partial charge in [0, 0.05) is 24.7 Å². The van der Waals surface area contributed by atoms with E-state index >= 15 is 0 Å². The molecule has 0 bridgehead atoms. The molecule has 1 aromatic carbocycles. The quantitative estimate of drug-likeness (QED) is 0.894. The number of halogens is 2. The first-order valence-corrected chi connectivity index (χ1v) is 6.12. The molecule has 0 aliphatic carbocycles. The summed E-state index contributed by atoms with van der Waals surface area (Å²) < 4.78 is 32.4. The smallest absolute Gasteiger partial charge is 0.128 e. The van der Waals surface area contributed by atoms with Gasteiger partial charge in [-0.2, -0.15) is 0 Å². The van der Waals surface area contributed by atoms with Crippen LogP contribution in [-0.4, -0.2) is 37.2 Å². The molecule has 100 valence electrons. The fraction of sp³-hybridized carbons (Fsp3) is 0.538. The number of rotatable bonds is 3. The van der Waals surface area contributed by atoms with Gasteiger partial charge in [-0.1, -0.05) is 0 Å². The van der Waals surface area contributed by atoms with Gasteiger partial charge in [0.05, 0.1) is 19.3 Å². The molecule has 2 N–H and O–H groups in total. The van der Waals surface area contributed by atoms with Crippen LogP contribution in [0.3, 0.4) is 0 Å². The number of nitrogens with two attached hydrogens (primary N) is 1. The molecule has 1 aromatic rings. The van der Waals surface area contributed by atoms with E-state index in [1.807, 2.05) is 6.92 Å². The number of ether oxygens (including phenoxy) is 1. The number of morpholine rings is 1. The molecule has 3 nitrogen and oxygen atoms in total. The Morgan fingerprint density at radius 3 is 2.94 bits per heavy atom. The molecule has 0 amide bonds. The Morgan fingerprint density at radius 2 is 2.28 bits per heavy atom. The predicted octanol–water partition coefficient (Wildman–Crippen LogP) is 1.69.